The Morgan fingerprint density at radius 2 is 2.30 bits per heavy atom. The van der Waals surface area contributed by atoms with E-state index in [9.17, 15) is 4.79 Å². The van der Waals surface area contributed by atoms with Crippen molar-refractivity contribution in [1.29, 1.82) is 0 Å². The van der Waals surface area contributed by atoms with Crippen molar-refractivity contribution in [1.82, 2.24) is 25.3 Å². The van der Waals surface area contributed by atoms with Crippen LogP contribution in [-0.4, -0.2) is 38.0 Å². The van der Waals surface area contributed by atoms with Crippen LogP contribution in [0.25, 0.3) is 0 Å². The molecule has 0 radical (unpaired) electrons. The molecule has 1 aliphatic carbocycles. The number of hydrogen-bond acceptors (Lipinski definition) is 4. The fourth-order valence-corrected chi connectivity index (χ4v) is 3.20. The second-order valence-corrected chi connectivity index (χ2v) is 6.14. The Labute approximate surface area is 135 Å². The molecular weight excluding hydrogens is 294 g/mol. The van der Waals surface area contributed by atoms with Crippen LogP contribution in [0.3, 0.4) is 0 Å². The van der Waals surface area contributed by atoms with Crippen molar-refractivity contribution in [2.75, 3.05) is 0 Å². The summed E-state index contributed by atoms with van der Waals surface area (Å²) in [5.41, 5.74) is 2.96. The summed E-state index contributed by atoms with van der Waals surface area (Å²) < 4.78 is 7.72. The number of carbonyl (C=O) groups excluding carboxylic acids is 1. The van der Waals surface area contributed by atoms with Crippen molar-refractivity contribution in [2.45, 2.75) is 51.7 Å². The highest BCUT2D eigenvalue weighted by atomic mass is 16.5. The third kappa shape index (κ3) is 3.38. The number of nitrogens with zero attached hydrogens (tertiary/aromatic N) is 3. The van der Waals surface area contributed by atoms with Crippen LogP contribution < -0.4 is 10.1 Å². The van der Waals surface area contributed by atoms with Gasteiger partial charge >= 0.3 is 0 Å². The van der Waals surface area contributed by atoms with Crippen molar-refractivity contribution >= 4 is 5.91 Å². The van der Waals surface area contributed by atoms with E-state index < -0.39 is 0 Å². The van der Waals surface area contributed by atoms with E-state index in [4.69, 9.17) is 4.74 Å². The largest absolute Gasteiger partial charge is 0.485 e. The molecule has 0 saturated heterocycles. The zero-order valence-corrected chi connectivity index (χ0v) is 13.8. The number of aromatic nitrogens is 4. The zero-order valence-electron chi connectivity index (χ0n) is 13.8. The van der Waals surface area contributed by atoms with Crippen LogP contribution in [0.2, 0.25) is 0 Å². The van der Waals surface area contributed by atoms with Crippen molar-refractivity contribution < 1.29 is 9.53 Å². The molecule has 0 aliphatic heterocycles. The lowest BCUT2D eigenvalue weighted by atomic mass is 10.1. The number of nitrogens with one attached hydrogen (secondary N) is 2. The lowest BCUT2D eigenvalue weighted by Gasteiger charge is -2.21. The lowest BCUT2D eigenvalue weighted by molar-refractivity contribution is -0.121. The molecule has 2 N–H and O–H groups in total. The van der Waals surface area contributed by atoms with Crippen LogP contribution in [0, 0.1) is 13.8 Å². The van der Waals surface area contributed by atoms with Gasteiger partial charge in [0, 0.05) is 18.3 Å². The summed E-state index contributed by atoms with van der Waals surface area (Å²) in [6.07, 6.45) is 6.69. The number of hydrogen-bond donors (Lipinski definition) is 2. The van der Waals surface area contributed by atoms with Gasteiger partial charge in [-0.15, -0.1) is 0 Å². The number of ether oxygens (including phenoxy) is 1. The molecule has 2 aromatic rings. The van der Waals surface area contributed by atoms with E-state index in [2.05, 4.69) is 20.6 Å². The summed E-state index contributed by atoms with van der Waals surface area (Å²) in [6, 6.07) is 0.0506. The molecule has 1 fully saturated rings. The van der Waals surface area contributed by atoms with Gasteiger partial charge in [0.2, 0.25) is 5.91 Å². The van der Waals surface area contributed by atoms with Gasteiger partial charge in [-0.1, -0.05) is 0 Å². The molecule has 1 saturated carbocycles. The minimum absolute atomic E-state index is 0.00708. The number of H-pyrrole nitrogens is 1. The van der Waals surface area contributed by atoms with Crippen LogP contribution in [0.1, 0.15) is 36.2 Å². The van der Waals surface area contributed by atoms with E-state index in [-0.39, 0.29) is 18.1 Å². The number of rotatable bonds is 5. The smallest absolute Gasteiger partial charge is 0.224 e. The third-order valence-electron chi connectivity index (χ3n) is 4.56. The molecule has 0 unspecified atom stereocenters. The summed E-state index contributed by atoms with van der Waals surface area (Å²) in [6.45, 7) is 3.93. The number of carbonyl (C=O) groups is 1. The molecule has 7 heteroatoms. The molecule has 0 aromatic carbocycles. The molecule has 1 aliphatic rings. The second kappa shape index (κ2) is 6.44. The Balaban J connectivity index is 1.60. The highest BCUT2D eigenvalue weighted by Crippen LogP contribution is 2.24. The fourth-order valence-electron chi connectivity index (χ4n) is 3.20. The molecule has 2 aromatic heterocycles. The van der Waals surface area contributed by atoms with Gasteiger partial charge in [-0.05, 0) is 33.1 Å². The molecule has 2 heterocycles. The summed E-state index contributed by atoms with van der Waals surface area (Å²) >= 11 is 0. The standard InChI is InChI=1S/C16H23N5O2/c1-10-13(11(2)21(3)20-10)7-16(22)19-14-5-4-6-15(14)23-12-8-17-18-9-12/h8-9,14-15H,4-7H2,1-3H3,(H,17,18)(H,19,22)/t14-,15+/m0/s1. The number of aromatic amines is 1. The van der Waals surface area contributed by atoms with E-state index in [0.29, 0.717) is 6.42 Å². The van der Waals surface area contributed by atoms with Crippen molar-refractivity contribution in [3.8, 4) is 5.75 Å². The Morgan fingerprint density at radius 1 is 1.48 bits per heavy atom. The maximum Gasteiger partial charge on any atom is 0.224 e. The predicted octanol–water partition coefficient (Wildman–Crippen LogP) is 1.42. The lowest BCUT2D eigenvalue weighted by Crippen LogP contribution is -2.43. The fraction of sp³-hybridized carbons (Fsp3) is 0.562. The predicted molar refractivity (Wildman–Crippen MR) is 85.2 cm³/mol. The minimum atomic E-state index is 0.00708. The average molecular weight is 317 g/mol. The summed E-state index contributed by atoms with van der Waals surface area (Å²) in [5.74, 6) is 0.743. The molecule has 1 amide bonds. The quantitative estimate of drug-likeness (QED) is 0.873. The normalized spacial score (nSPS) is 20.7. The first-order valence-corrected chi connectivity index (χ1v) is 7.98. The van der Waals surface area contributed by atoms with Crippen LogP contribution in [-0.2, 0) is 18.3 Å². The second-order valence-electron chi connectivity index (χ2n) is 6.14. The van der Waals surface area contributed by atoms with Crippen LogP contribution in [0.15, 0.2) is 12.4 Å². The first-order valence-electron chi connectivity index (χ1n) is 7.98. The van der Waals surface area contributed by atoms with Gasteiger partial charge in [0.25, 0.3) is 0 Å². The van der Waals surface area contributed by atoms with E-state index in [1.807, 2.05) is 25.6 Å². The third-order valence-corrected chi connectivity index (χ3v) is 4.56. The summed E-state index contributed by atoms with van der Waals surface area (Å²) in [4.78, 5) is 12.4. The van der Waals surface area contributed by atoms with Gasteiger partial charge in [-0.25, -0.2) is 0 Å². The number of aryl methyl sites for hydroxylation is 2. The monoisotopic (exact) mass is 317 g/mol. The first-order chi connectivity index (χ1) is 11.0. The maximum absolute atomic E-state index is 12.4. The van der Waals surface area contributed by atoms with E-state index in [1.165, 1.54) is 0 Å². The van der Waals surface area contributed by atoms with Gasteiger partial charge in [-0.3, -0.25) is 14.6 Å². The molecule has 7 nitrogen and oxygen atoms in total. The van der Waals surface area contributed by atoms with Crippen LogP contribution in [0.4, 0.5) is 0 Å². The highest BCUT2D eigenvalue weighted by Gasteiger charge is 2.30. The highest BCUT2D eigenvalue weighted by molar-refractivity contribution is 5.79. The Hall–Kier alpha value is -2.31. The SMILES string of the molecule is Cc1nn(C)c(C)c1CC(=O)N[C@H]1CCC[C@H]1Oc1cn[nH]c1. The molecule has 124 valence electrons. The van der Waals surface area contributed by atoms with Gasteiger partial charge in [0.1, 0.15) is 6.10 Å². The molecule has 0 bridgehead atoms. The van der Waals surface area contributed by atoms with Crippen LogP contribution >= 0.6 is 0 Å². The number of amides is 1. The van der Waals surface area contributed by atoms with Gasteiger partial charge in [-0.2, -0.15) is 10.2 Å². The molecular formula is C16H23N5O2. The Kier molecular flexibility index (Phi) is 4.36. The summed E-state index contributed by atoms with van der Waals surface area (Å²) in [7, 11) is 1.90. The van der Waals surface area contributed by atoms with Gasteiger partial charge < -0.3 is 10.1 Å². The van der Waals surface area contributed by atoms with Crippen molar-refractivity contribution in [2.24, 2.45) is 7.05 Å². The Bertz CT molecular complexity index is 677. The van der Waals surface area contributed by atoms with Crippen molar-refractivity contribution in [3.05, 3.63) is 29.3 Å². The van der Waals surface area contributed by atoms with E-state index in [1.54, 1.807) is 12.4 Å². The summed E-state index contributed by atoms with van der Waals surface area (Å²) in [5, 5.41) is 14.1. The first kappa shape index (κ1) is 15.6. The van der Waals surface area contributed by atoms with E-state index in [0.717, 1.165) is 42.0 Å². The van der Waals surface area contributed by atoms with Crippen molar-refractivity contribution in [3.63, 3.8) is 0 Å². The molecule has 2 atom stereocenters. The average Bonchev–Trinajstić information content (AvgIpc) is 3.21. The van der Waals surface area contributed by atoms with Crippen LogP contribution in [0.5, 0.6) is 5.75 Å². The molecule has 23 heavy (non-hydrogen) atoms. The maximum atomic E-state index is 12.4. The topological polar surface area (TPSA) is 84.8 Å². The van der Waals surface area contributed by atoms with Gasteiger partial charge in [0.05, 0.1) is 30.6 Å². The zero-order chi connectivity index (χ0) is 16.4. The molecule has 0 spiro atoms. The minimum Gasteiger partial charge on any atom is -0.485 e. The van der Waals surface area contributed by atoms with E-state index >= 15 is 0 Å². The van der Waals surface area contributed by atoms with Gasteiger partial charge in [0.15, 0.2) is 5.75 Å². The Morgan fingerprint density at radius 3 is 2.96 bits per heavy atom. The molecule has 3 rings (SSSR count).